The van der Waals surface area contributed by atoms with Crippen LogP contribution in [0.4, 0.5) is 5.69 Å². The first-order valence-electron chi connectivity index (χ1n) is 8.50. The average Bonchev–Trinajstić information content (AvgIpc) is 3.23. The van der Waals surface area contributed by atoms with Crippen molar-refractivity contribution >= 4 is 5.69 Å². The summed E-state index contributed by atoms with van der Waals surface area (Å²) >= 11 is 0. The number of hydrogen-bond acceptors (Lipinski definition) is 7. The van der Waals surface area contributed by atoms with Crippen LogP contribution in [0.25, 0.3) is 0 Å². The Morgan fingerprint density at radius 3 is 2.84 bits per heavy atom. The third kappa shape index (κ3) is 2.98. The minimum atomic E-state index is -0.618. The second-order valence-electron chi connectivity index (χ2n) is 7.19. The van der Waals surface area contributed by atoms with Crippen LogP contribution in [0.3, 0.4) is 0 Å². The summed E-state index contributed by atoms with van der Waals surface area (Å²) in [5.74, 6) is 1.92. The lowest BCUT2D eigenvalue weighted by molar-refractivity contribution is -0.0416. The maximum absolute atomic E-state index is 6.06. The van der Waals surface area contributed by atoms with E-state index in [0.29, 0.717) is 31.5 Å². The van der Waals surface area contributed by atoms with E-state index >= 15 is 0 Å². The molecule has 0 N–H and O–H groups in total. The van der Waals surface area contributed by atoms with Gasteiger partial charge in [-0.1, -0.05) is 12.1 Å². The number of rotatable bonds is 4. The summed E-state index contributed by atoms with van der Waals surface area (Å²) in [7, 11) is 1.65. The van der Waals surface area contributed by atoms with Gasteiger partial charge in [0.25, 0.3) is 5.89 Å². The predicted octanol–water partition coefficient (Wildman–Crippen LogP) is 2.51. The fraction of sp³-hybridized carbons (Fsp3) is 0.556. The highest BCUT2D eigenvalue weighted by molar-refractivity contribution is 5.60. The second kappa shape index (κ2) is 6.00. The molecule has 1 atom stereocenters. The highest BCUT2D eigenvalue weighted by Crippen LogP contribution is 2.38. The molecule has 1 saturated heterocycles. The first kappa shape index (κ1) is 16.4. The number of fused-ring (bicyclic) bond motifs is 1. The summed E-state index contributed by atoms with van der Waals surface area (Å²) in [5.41, 5.74) is 0.129. The summed E-state index contributed by atoms with van der Waals surface area (Å²) in [6.07, 6.45) is 0.721. The van der Waals surface area contributed by atoms with Gasteiger partial charge in [-0.3, -0.25) is 0 Å². The van der Waals surface area contributed by atoms with E-state index in [2.05, 4.69) is 28.9 Å². The maximum atomic E-state index is 6.06. The molecule has 1 fully saturated rings. The molecule has 2 aliphatic heterocycles. The molecule has 7 nitrogen and oxygen atoms in total. The fourth-order valence-electron chi connectivity index (χ4n) is 3.45. The van der Waals surface area contributed by atoms with Gasteiger partial charge in [-0.05, 0) is 26.0 Å². The van der Waals surface area contributed by atoms with Crippen LogP contribution >= 0.6 is 0 Å². The highest BCUT2D eigenvalue weighted by atomic mass is 16.6. The summed E-state index contributed by atoms with van der Waals surface area (Å²) in [6, 6.07) is 8.01. The Labute approximate surface area is 146 Å². The largest absolute Gasteiger partial charge is 0.484 e. The Bertz CT molecular complexity index is 752. The first-order valence-corrected chi connectivity index (χ1v) is 8.50. The highest BCUT2D eigenvalue weighted by Gasteiger charge is 2.42. The van der Waals surface area contributed by atoms with Gasteiger partial charge in [-0.25, -0.2) is 0 Å². The van der Waals surface area contributed by atoms with E-state index in [1.54, 1.807) is 7.11 Å². The fourth-order valence-corrected chi connectivity index (χ4v) is 3.45. The lowest BCUT2D eigenvalue weighted by atomic mass is 10.0. The minimum Gasteiger partial charge on any atom is -0.484 e. The van der Waals surface area contributed by atoms with Crippen LogP contribution < -0.4 is 9.64 Å². The molecule has 134 valence electrons. The molecule has 0 aliphatic carbocycles. The molecule has 7 heteroatoms. The van der Waals surface area contributed by atoms with Crippen molar-refractivity contribution in [3.8, 4) is 5.75 Å². The van der Waals surface area contributed by atoms with Crippen LogP contribution in [0.15, 0.2) is 28.7 Å². The first-order chi connectivity index (χ1) is 12.0. The number of aromatic nitrogens is 2. The predicted molar refractivity (Wildman–Crippen MR) is 90.6 cm³/mol. The second-order valence-corrected chi connectivity index (χ2v) is 7.19. The summed E-state index contributed by atoms with van der Waals surface area (Å²) < 4.78 is 23.1. The van der Waals surface area contributed by atoms with Crippen molar-refractivity contribution in [2.45, 2.75) is 38.0 Å². The maximum Gasteiger partial charge on any atom is 0.250 e. The summed E-state index contributed by atoms with van der Waals surface area (Å²) in [6.45, 7) is 6.49. The SMILES string of the molecule is COC1(c2nnc(CN3CC(C)(C)Oc4ccccc43)o2)CCOC1. The molecule has 0 bridgehead atoms. The average molecular weight is 345 g/mol. The van der Waals surface area contributed by atoms with Gasteiger partial charge in [0.1, 0.15) is 11.4 Å². The Morgan fingerprint density at radius 1 is 1.24 bits per heavy atom. The van der Waals surface area contributed by atoms with E-state index in [0.717, 1.165) is 24.4 Å². The van der Waals surface area contributed by atoms with Crippen molar-refractivity contribution in [1.29, 1.82) is 0 Å². The van der Waals surface area contributed by atoms with Crippen molar-refractivity contribution < 1.29 is 18.6 Å². The minimum absolute atomic E-state index is 0.287. The molecule has 2 aromatic rings. The van der Waals surface area contributed by atoms with Gasteiger partial charge in [-0.15, -0.1) is 10.2 Å². The van der Waals surface area contributed by atoms with Gasteiger partial charge in [0.2, 0.25) is 5.89 Å². The van der Waals surface area contributed by atoms with Gasteiger partial charge in [0, 0.05) is 13.5 Å². The number of methoxy groups -OCH3 is 1. The molecule has 1 unspecified atom stereocenters. The molecule has 0 amide bonds. The standard InChI is InChI=1S/C18H23N3O4/c1-17(2)11-21(13-6-4-5-7-14(13)25-17)10-15-19-20-16(24-15)18(22-3)8-9-23-12-18/h4-7H,8-12H2,1-3H3. The van der Waals surface area contributed by atoms with Crippen LogP contribution in [-0.2, 0) is 21.6 Å². The number of anilines is 1. The third-order valence-electron chi connectivity index (χ3n) is 4.72. The van der Waals surface area contributed by atoms with E-state index in [1.165, 1.54) is 0 Å². The molecule has 0 saturated carbocycles. The van der Waals surface area contributed by atoms with Gasteiger partial charge in [0.05, 0.1) is 32.0 Å². The zero-order valence-corrected chi connectivity index (χ0v) is 14.8. The van der Waals surface area contributed by atoms with Gasteiger partial charge >= 0.3 is 0 Å². The lowest BCUT2D eigenvalue weighted by Gasteiger charge is -2.40. The molecule has 1 aromatic heterocycles. The quantitative estimate of drug-likeness (QED) is 0.843. The van der Waals surface area contributed by atoms with E-state index in [1.807, 2.05) is 24.3 Å². The molecule has 2 aliphatic rings. The van der Waals surface area contributed by atoms with Gasteiger partial charge in [0.15, 0.2) is 5.60 Å². The Morgan fingerprint density at radius 2 is 2.08 bits per heavy atom. The number of para-hydroxylation sites is 2. The molecule has 3 heterocycles. The monoisotopic (exact) mass is 345 g/mol. The van der Waals surface area contributed by atoms with Crippen molar-refractivity contribution in [1.82, 2.24) is 10.2 Å². The van der Waals surface area contributed by atoms with Gasteiger partial charge in [-0.2, -0.15) is 0 Å². The van der Waals surface area contributed by atoms with Crippen LogP contribution in [0, 0.1) is 0 Å². The smallest absolute Gasteiger partial charge is 0.250 e. The van der Waals surface area contributed by atoms with Crippen molar-refractivity contribution in [3.05, 3.63) is 36.0 Å². The third-order valence-corrected chi connectivity index (χ3v) is 4.72. The van der Waals surface area contributed by atoms with Crippen molar-refractivity contribution in [2.75, 3.05) is 31.8 Å². The van der Waals surface area contributed by atoms with Crippen molar-refractivity contribution in [3.63, 3.8) is 0 Å². The van der Waals surface area contributed by atoms with E-state index in [9.17, 15) is 0 Å². The zero-order valence-electron chi connectivity index (χ0n) is 14.8. The van der Waals surface area contributed by atoms with Gasteiger partial charge < -0.3 is 23.5 Å². The van der Waals surface area contributed by atoms with Crippen molar-refractivity contribution in [2.24, 2.45) is 0 Å². The number of nitrogens with zero attached hydrogens (tertiary/aromatic N) is 3. The van der Waals surface area contributed by atoms with E-state index < -0.39 is 5.60 Å². The van der Waals surface area contributed by atoms with E-state index in [-0.39, 0.29) is 5.60 Å². The molecular formula is C18H23N3O4. The zero-order chi connectivity index (χ0) is 17.5. The van der Waals surface area contributed by atoms with E-state index in [4.69, 9.17) is 18.6 Å². The summed E-state index contributed by atoms with van der Waals surface area (Å²) in [5, 5.41) is 8.45. The lowest BCUT2D eigenvalue weighted by Crippen LogP contribution is -2.46. The summed E-state index contributed by atoms with van der Waals surface area (Å²) in [4.78, 5) is 2.21. The molecule has 0 radical (unpaired) electrons. The van der Waals surface area contributed by atoms with Crippen LogP contribution in [0.2, 0.25) is 0 Å². The topological polar surface area (TPSA) is 69.9 Å². The number of hydrogen-bond donors (Lipinski definition) is 0. The number of benzene rings is 1. The van der Waals surface area contributed by atoms with Crippen LogP contribution in [0.1, 0.15) is 32.0 Å². The molecule has 1 aromatic carbocycles. The van der Waals surface area contributed by atoms with Crippen LogP contribution in [-0.4, -0.2) is 42.7 Å². The normalized spacial score (nSPS) is 24.8. The molecular weight excluding hydrogens is 322 g/mol. The Hall–Kier alpha value is -2.12. The molecule has 4 rings (SSSR count). The molecule has 25 heavy (non-hydrogen) atoms. The number of ether oxygens (including phenoxy) is 3. The Balaban J connectivity index is 1.59. The van der Waals surface area contributed by atoms with Crippen LogP contribution in [0.5, 0.6) is 5.75 Å². The Kier molecular flexibility index (Phi) is 3.92. The molecule has 0 spiro atoms.